The Bertz CT molecular complexity index is 1660. The fraction of sp³-hybridized carbons (Fsp3) is 0.387. The molecule has 42 heavy (non-hydrogen) atoms. The molecule has 1 saturated heterocycles. The van der Waals surface area contributed by atoms with Crippen LogP contribution in [0.4, 0.5) is 5.69 Å². The second-order valence-electron chi connectivity index (χ2n) is 11.3. The molecule has 1 aliphatic carbocycles. The van der Waals surface area contributed by atoms with E-state index in [-0.39, 0.29) is 18.4 Å². The molecular formula is C31H33N7O3S. The average molecular weight is 584 g/mol. The lowest BCUT2D eigenvalue weighted by Gasteiger charge is -2.29. The van der Waals surface area contributed by atoms with Crippen LogP contribution in [0.3, 0.4) is 0 Å². The van der Waals surface area contributed by atoms with Gasteiger partial charge in [-0.05, 0) is 61.6 Å². The van der Waals surface area contributed by atoms with Crippen molar-refractivity contribution >= 4 is 45.3 Å². The molecule has 3 aliphatic rings. The largest absolute Gasteiger partial charge is 0.367 e. The molecule has 2 fully saturated rings. The maximum Gasteiger partial charge on any atom is 0.258 e. The molecule has 0 unspecified atom stereocenters. The van der Waals surface area contributed by atoms with Gasteiger partial charge in [0.2, 0.25) is 5.91 Å². The molecule has 0 spiro atoms. The summed E-state index contributed by atoms with van der Waals surface area (Å²) in [5, 5.41) is 14.7. The first-order valence-corrected chi connectivity index (χ1v) is 15.3. The van der Waals surface area contributed by atoms with E-state index in [0.717, 1.165) is 39.3 Å². The summed E-state index contributed by atoms with van der Waals surface area (Å²) in [6.07, 6.45) is 9.43. The highest BCUT2D eigenvalue weighted by atomic mass is 32.1. The highest BCUT2D eigenvalue weighted by Crippen LogP contribution is 2.40. The molecule has 5 heterocycles. The van der Waals surface area contributed by atoms with E-state index in [9.17, 15) is 9.59 Å². The molecular weight excluding hydrogens is 550 g/mol. The van der Waals surface area contributed by atoms with Gasteiger partial charge in [-0.2, -0.15) is 5.10 Å². The normalized spacial score (nSPS) is 21.1. The van der Waals surface area contributed by atoms with Crippen LogP contribution in [-0.2, 0) is 14.3 Å². The standard InChI is InChI=1S/C31H33N7O3S/c1-41-31(9-14-37(19-31)18-27(39)38-12-7-21(8-13-38)29-33-11-15-42-29)30(40)34-23-4-5-25-24(17-23)28(36-35-25)22-6-10-32-26(16-22)20-2-3-20/h4-7,10-11,15-17,20H,2-3,8-9,12-14,18-19H2,1H3,(H,34,40)(H,35,36)/t31-/m0/s1. The Morgan fingerprint density at radius 3 is 2.83 bits per heavy atom. The Morgan fingerprint density at radius 2 is 2.07 bits per heavy atom. The number of fused-ring (bicyclic) bond motifs is 1. The number of methoxy groups -OCH3 is 1. The Kier molecular flexibility index (Phi) is 7.09. The van der Waals surface area contributed by atoms with Crippen LogP contribution in [0.5, 0.6) is 0 Å². The SMILES string of the molecule is CO[C@@]1(C(=O)Nc2ccc3[nH]nc(-c4ccnc(C5CC5)c4)c3c2)CCN(CC(=O)N2CC=C(c3nccs3)CC2)C1. The summed E-state index contributed by atoms with van der Waals surface area (Å²) in [6, 6.07) is 9.84. The average Bonchev–Trinajstić information content (AvgIpc) is 3.38. The van der Waals surface area contributed by atoms with Crippen molar-refractivity contribution in [3.63, 3.8) is 0 Å². The second-order valence-corrected chi connectivity index (χ2v) is 12.2. The first-order chi connectivity index (χ1) is 20.5. The number of aromatic nitrogens is 4. The number of nitrogens with one attached hydrogen (secondary N) is 2. The quantitative estimate of drug-likeness (QED) is 0.318. The molecule has 1 saturated carbocycles. The van der Waals surface area contributed by atoms with Gasteiger partial charge in [-0.1, -0.05) is 6.08 Å². The molecule has 10 nitrogen and oxygen atoms in total. The third-order valence-corrected chi connectivity index (χ3v) is 9.46. The summed E-state index contributed by atoms with van der Waals surface area (Å²) >= 11 is 1.62. The molecule has 3 aromatic heterocycles. The zero-order valence-electron chi connectivity index (χ0n) is 23.5. The van der Waals surface area contributed by atoms with Gasteiger partial charge in [0.05, 0.1) is 12.1 Å². The van der Waals surface area contributed by atoms with Crippen molar-refractivity contribution in [2.75, 3.05) is 45.2 Å². The Hall–Kier alpha value is -3.93. The Morgan fingerprint density at radius 1 is 1.17 bits per heavy atom. The number of carbonyl (C=O) groups excluding carboxylic acids is 2. The van der Waals surface area contributed by atoms with Gasteiger partial charge in [0, 0.05) is 79.3 Å². The molecule has 11 heteroatoms. The van der Waals surface area contributed by atoms with Crippen molar-refractivity contribution in [1.82, 2.24) is 30.0 Å². The fourth-order valence-corrected chi connectivity index (χ4v) is 6.66. The van der Waals surface area contributed by atoms with E-state index in [0.29, 0.717) is 44.2 Å². The third-order valence-electron chi connectivity index (χ3n) is 8.61. The van der Waals surface area contributed by atoms with Crippen molar-refractivity contribution < 1.29 is 14.3 Å². The van der Waals surface area contributed by atoms with Crippen molar-refractivity contribution in [3.05, 3.63) is 64.9 Å². The maximum absolute atomic E-state index is 13.6. The van der Waals surface area contributed by atoms with Crippen LogP contribution in [0.1, 0.15) is 42.3 Å². The number of benzene rings is 1. The number of hydrogen-bond donors (Lipinski definition) is 2. The monoisotopic (exact) mass is 583 g/mol. The van der Waals surface area contributed by atoms with Crippen molar-refractivity contribution in [2.24, 2.45) is 0 Å². The van der Waals surface area contributed by atoms with Crippen LogP contribution in [-0.4, -0.2) is 87.2 Å². The number of pyridine rings is 1. The minimum atomic E-state index is -1.03. The predicted molar refractivity (Wildman–Crippen MR) is 162 cm³/mol. The summed E-state index contributed by atoms with van der Waals surface area (Å²) in [6.45, 7) is 2.48. The summed E-state index contributed by atoms with van der Waals surface area (Å²) < 4.78 is 5.83. The summed E-state index contributed by atoms with van der Waals surface area (Å²) in [4.78, 5) is 39.5. The zero-order chi connectivity index (χ0) is 28.7. The van der Waals surface area contributed by atoms with E-state index in [2.05, 4.69) is 37.6 Å². The summed E-state index contributed by atoms with van der Waals surface area (Å²) in [7, 11) is 1.57. The number of likely N-dealkylation sites (tertiary alicyclic amines) is 1. The lowest BCUT2D eigenvalue weighted by atomic mass is 10.0. The number of rotatable bonds is 8. The van der Waals surface area contributed by atoms with E-state index in [1.165, 1.54) is 18.4 Å². The van der Waals surface area contributed by atoms with Crippen molar-refractivity contribution in [1.29, 1.82) is 0 Å². The number of thiazole rings is 1. The van der Waals surface area contributed by atoms with E-state index in [1.807, 2.05) is 51.8 Å². The minimum absolute atomic E-state index is 0.0654. The van der Waals surface area contributed by atoms with E-state index in [4.69, 9.17) is 4.74 Å². The smallest absolute Gasteiger partial charge is 0.258 e. The maximum atomic E-state index is 13.6. The molecule has 0 bridgehead atoms. The molecule has 216 valence electrons. The van der Waals surface area contributed by atoms with Gasteiger partial charge in [-0.25, -0.2) is 4.98 Å². The van der Waals surface area contributed by atoms with Gasteiger partial charge in [0.25, 0.3) is 5.91 Å². The van der Waals surface area contributed by atoms with E-state index < -0.39 is 5.60 Å². The van der Waals surface area contributed by atoms with Gasteiger partial charge < -0.3 is 15.0 Å². The minimum Gasteiger partial charge on any atom is -0.367 e. The number of hydrogen-bond acceptors (Lipinski definition) is 8. The Balaban J connectivity index is 1.01. The molecule has 2 N–H and O–H groups in total. The predicted octanol–water partition coefficient (Wildman–Crippen LogP) is 4.30. The number of H-pyrrole nitrogens is 1. The third kappa shape index (κ3) is 5.23. The van der Waals surface area contributed by atoms with Crippen LogP contribution in [0.2, 0.25) is 0 Å². The van der Waals surface area contributed by atoms with Gasteiger partial charge in [-0.3, -0.25) is 24.6 Å². The lowest BCUT2D eigenvalue weighted by molar-refractivity contribution is -0.138. The van der Waals surface area contributed by atoms with Crippen LogP contribution >= 0.6 is 11.3 Å². The van der Waals surface area contributed by atoms with Gasteiger partial charge in [0.15, 0.2) is 5.60 Å². The number of anilines is 1. The molecule has 1 aromatic carbocycles. The number of aromatic amines is 1. The van der Waals surface area contributed by atoms with Gasteiger partial charge in [-0.15, -0.1) is 11.3 Å². The summed E-state index contributed by atoms with van der Waals surface area (Å²) in [5.74, 6) is 0.406. The highest BCUT2D eigenvalue weighted by Gasteiger charge is 2.45. The van der Waals surface area contributed by atoms with Crippen LogP contribution in [0.25, 0.3) is 27.7 Å². The number of amides is 2. The molecule has 0 radical (unpaired) electrons. The molecule has 2 amide bonds. The topological polar surface area (TPSA) is 116 Å². The molecule has 2 aliphatic heterocycles. The molecule has 7 rings (SSSR count). The molecule has 1 atom stereocenters. The Labute approximate surface area is 247 Å². The lowest BCUT2D eigenvalue weighted by Crippen LogP contribution is -2.48. The second kappa shape index (κ2) is 11.0. The van der Waals surface area contributed by atoms with Crippen LogP contribution < -0.4 is 5.32 Å². The summed E-state index contributed by atoms with van der Waals surface area (Å²) in [5.41, 5.74) is 4.70. The first-order valence-electron chi connectivity index (χ1n) is 14.4. The number of carbonyl (C=O) groups is 2. The van der Waals surface area contributed by atoms with Gasteiger partial charge >= 0.3 is 0 Å². The highest BCUT2D eigenvalue weighted by molar-refractivity contribution is 7.10. The zero-order valence-corrected chi connectivity index (χ0v) is 24.3. The van der Waals surface area contributed by atoms with Crippen molar-refractivity contribution in [3.8, 4) is 11.3 Å². The van der Waals surface area contributed by atoms with Crippen LogP contribution in [0, 0.1) is 0 Å². The first kappa shape index (κ1) is 26.9. The number of nitrogens with zero attached hydrogens (tertiary/aromatic N) is 5. The van der Waals surface area contributed by atoms with Gasteiger partial charge in [0.1, 0.15) is 10.7 Å². The van der Waals surface area contributed by atoms with Crippen molar-refractivity contribution in [2.45, 2.75) is 37.2 Å². The molecule has 4 aromatic rings. The van der Waals surface area contributed by atoms with E-state index >= 15 is 0 Å². The number of ether oxygens (including phenoxy) is 1. The van der Waals surface area contributed by atoms with E-state index in [1.54, 1.807) is 18.4 Å². The fourth-order valence-electron chi connectivity index (χ4n) is 5.96. The van der Waals surface area contributed by atoms with Crippen LogP contribution in [0.15, 0.2) is 54.2 Å².